The van der Waals surface area contributed by atoms with E-state index in [4.69, 9.17) is 0 Å². The van der Waals surface area contributed by atoms with Crippen LogP contribution in [0.1, 0.15) is 12.0 Å². The number of hydrogen-bond donors (Lipinski definition) is 3. The van der Waals surface area contributed by atoms with Gasteiger partial charge in [0.2, 0.25) is 5.91 Å². The lowest BCUT2D eigenvalue weighted by molar-refractivity contribution is -0.148. The molecule has 1 unspecified atom stereocenters. The summed E-state index contributed by atoms with van der Waals surface area (Å²) in [4.78, 5) is 24.8. The summed E-state index contributed by atoms with van der Waals surface area (Å²) in [6.07, 6.45) is 0.601. The molecule has 0 spiro atoms. The van der Waals surface area contributed by atoms with E-state index < -0.39 is 12.0 Å². The van der Waals surface area contributed by atoms with Crippen molar-refractivity contribution in [2.24, 2.45) is 5.92 Å². The lowest BCUT2D eigenvalue weighted by Crippen LogP contribution is -2.43. The molecule has 0 aliphatic carbocycles. The van der Waals surface area contributed by atoms with Crippen LogP contribution in [0, 0.1) is 5.92 Å². The number of aromatic hydroxyl groups is 1. The maximum absolute atomic E-state index is 11.9. The number of phenols is 1. The highest BCUT2D eigenvalue weighted by Crippen LogP contribution is 2.23. The van der Waals surface area contributed by atoms with Gasteiger partial charge in [-0.2, -0.15) is 12.6 Å². The minimum absolute atomic E-state index is 0.118. The van der Waals surface area contributed by atoms with Gasteiger partial charge in [-0.25, -0.2) is 4.79 Å². The molecule has 5 nitrogen and oxygen atoms in total. The molecule has 1 aromatic carbocycles. The van der Waals surface area contributed by atoms with Gasteiger partial charge in [-0.05, 0) is 29.4 Å². The Balaban J connectivity index is 2.13. The number of rotatable bonds is 5. The molecule has 1 amide bonds. The Morgan fingerprint density at radius 1 is 1.40 bits per heavy atom. The van der Waals surface area contributed by atoms with E-state index in [1.807, 2.05) is 0 Å². The number of hydrogen-bond acceptors (Lipinski definition) is 4. The molecule has 108 valence electrons. The summed E-state index contributed by atoms with van der Waals surface area (Å²) in [7, 11) is 0. The fourth-order valence-electron chi connectivity index (χ4n) is 2.42. The van der Waals surface area contributed by atoms with Crippen LogP contribution in [0.2, 0.25) is 0 Å². The third kappa shape index (κ3) is 3.25. The Morgan fingerprint density at radius 3 is 2.55 bits per heavy atom. The first-order chi connectivity index (χ1) is 9.51. The molecule has 2 N–H and O–H groups in total. The number of amides is 1. The zero-order valence-electron chi connectivity index (χ0n) is 10.9. The summed E-state index contributed by atoms with van der Waals surface area (Å²) >= 11 is 4.17. The van der Waals surface area contributed by atoms with Gasteiger partial charge >= 0.3 is 5.97 Å². The summed E-state index contributed by atoms with van der Waals surface area (Å²) in [5.74, 6) is -0.310. The Kier molecular flexibility index (Phi) is 4.54. The molecule has 0 radical (unpaired) electrons. The first kappa shape index (κ1) is 14.7. The monoisotopic (exact) mass is 295 g/mol. The van der Waals surface area contributed by atoms with Gasteiger partial charge in [-0.15, -0.1) is 0 Å². The molecule has 2 rings (SSSR count). The van der Waals surface area contributed by atoms with Crippen molar-refractivity contribution in [1.82, 2.24) is 4.90 Å². The van der Waals surface area contributed by atoms with Crippen molar-refractivity contribution in [3.8, 4) is 5.75 Å². The normalized spacial score (nSPS) is 20.1. The van der Waals surface area contributed by atoms with Crippen molar-refractivity contribution in [3.63, 3.8) is 0 Å². The molecule has 0 bridgehead atoms. The van der Waals surface area contributed by atoms with Crippen LogP contribution in [0.4, 0.5) is 0 Å². The molecular weight excluding hydrogens is 278 g/mol. The lowest BCUT2D eigenvalue weighted by Gasteiger charge is -2.24. The summed E-state index contributed by atoms with van der Waals surface area (Å²) in [5.41, 5.74) is 0.775. The van der Waals surface area contributed by atoms with E-state index in [2.05, 4.69) is 12.6 Å². The Morgan fingerprint density at radius 2 is 2.05 bits per heavy atom. The Hall–Kier alpha value is -1.69. The van der Waals surface area contributed by atoms with Crippen LogP contribution in [0.25, 0.3) is 0 Å². The fourth-order valence-corrected chi connectivity index (χ4v) is 2.66. The van der Waals surface area contributed by atoms with E-state index in [1.54, 1.807) is 12.1 Å². The second kappa shape index (κ2) is 6.17. The molecule has 1 fully saturated rings. The van der Waals surface area contributed by atoms with Gasteiger partial charge < -0.3 is 15.1 Å². The first-order valence-corrected chi connectivity index (χ1v) is 7.05. The molecule has 1 aliphatic heterocycles. The van der Waals surface area contributed by atoms with Crippen molar-refractivity contribution in [1.29, 1.82) is 0 Å². The lowest BCUT2D eigenvalue weighted by atomic mass is 10.0. The van der Waals surface area contributed by atoms with E-state index in [0.717, 1.165) is 5.56 Å². The summed E-state index contributed by atoms with van der Waals surface area (Å²) in [6, 6.07) is 5.49. The minimum Gasteiger partial charge on any atom is -0.508 e. The summed E-state index contributed by atoms with van der Waals surface area (Å²) in [6.45, 7) is 0.442. The van der Waals surface area contributed by atoms with Crippen molar-refractivity contribution >= 4 is 24.5 Å². The molecular formula is C14H17NO4S. The summed E-state index contributed by atoms with van der Waals surface area (Å²) in [5, 5.41) is 18.6. The van der Waals surface area contributed by atoms with Crippen molar-refractivity contribution in [2.45, 2.75) is 18.9 Å². The number of benzene rings is 1. The Bertz CT molecular complexity index is 502. The van der Waals surface area contributed by atoms with E-state index in [1.165, 1.54) is 17.0 Å². The van der Waals surface area contributed by atoms with E-state index in [9.17, 15) is 19.8 Å². The number of phenolic OH excluding ortho intramolecular Hbond substituents is 1. The van der Waals surface area contributed by atoms with E-state index in [-0.39, 0.29) is 24.0 Å². The third-order valence-electron chi connectivity index (χ3n) is 3.52. The highest BCUT2D eigenvalue weighted by molar-refractivity contribution is 7.80. The maximum Gasteiger partial charge on any atom is 0.326 e. The number of thiol groups is 1. The molecule has 1 aliphatic rings. The molecule has 20 heavy (non-hydrogen) atoms. The average Bonchev–Trinajstić information content (AvgIpc) is 2.79. The average molecular weight is 295 g/mol. The molecule has 0 aromatic heterocycles. The zero-order chi connectivity index (χ0) is 14.7. The second-order valence-corrected chi connectivity index (χ2v) is 5.39. The second-order valence-electron chi connectivity index (χ2n) is 5.02. The van der Waals surface area contributed by atoms with Crippen LogP contribution in [-0.2, 0) is 16.0 Å². The van der Waals surface area contributed by atoms with Crippen molar-refractivity contribution < 1.29 is 19.8 Å². The number of carboxylic acids is 1. The molecule has 6 heteroatoms. The van der Waals surface area contributed by atoms with Crippen molar-refractivity contribution in [2.75, 3.05) is 12.3 Å². The van der Waals surface area contributed by atoms with E-state index in [0.29, 0.717) is 18.7 Å². The van der Waals surface area contributed by atoms with Gasteiger partial charge in [0.1, 0.15) is 11.8 Å². The highest BCUT2D eigenvalue weighted by atomic mass is 32.1. The summed E-state index contributed by atoms with van der Waals surface area (Å²) < 4.78 is 0. The van der Waals surface area contributed by atoms with Crippen LogP contribution in [0.5, 0.6) is 5.75 Å². The molecule has 1 heterocycles. The number of likely N-dealkylation sites (tertiary alicyclic amines) is 1. The van der Waals surface area contributed by atoms with Crippen LogP contribution < -0.4 is 0 Å². The quantitative estimate of drug-likeness (QED) is 0.713. The third-order valence-corrected chi connectivity index (χ3v) is 4.04. The van der Waals surface area contributed by atoms with Crippen molar-refractivity contribution in [3.05, 3.63) is 29.8 Å². The number of carbonyl (C=O) groups excluding carboxylic acids is 1. The SMILES string of the molecule is O=C(O)[C@H](Cc1ccc(O)cc1)N1CC(CS)CC1=O. The number of carbonyl (C=O) groups is 2. The topological polar surface area (TPSA) is 77.8 Å². The molecule has 1 aromatic rings. The number of carboxylic acid groups (broad SMARTS) is 1. The molecule has 1 saturated heterocycles. The van der Waals surface area contributed by atoms with Gasteiger partial charge in [-0.3, -0.25) is 4.79 Å². The van der Waals surface area contributed by atoms with Crippen LogP contribution in [-0.4, -0.2) is 45.3 Å². The van der Waals surface area contributed by atoms with Crippen LogP contribution >= 0.6 is 12.6 Å². The predicted molar refractivity (Wildman–Crippen MR) is 76.9 cm³/mol. The van der Waals surface area contributed by atoms with Gasteiger partial charge in [0.15, 0.2) is 0 Å². The van der Waals surface area contributed by atoms with Crippen LogP contribution in [0.3, 0.4) is 0 Å². The molecule has 2 atom stereocenters. The fraction of sp³-hybridized carbons (Fsp3) is 0.429. The van der Waals surface area contributed by atoms with E-state index >= 15 is 0 Å². The zero-order valence-corrected chi connectivity index (χ0v) is 11.8. The smallest absolute Gasteiger partial charge is 0.326 e. The standard InChI is InChI=1S/C14H17NO4S/c16-11-3-1-9(2-4-11)5-12(14(18)19)15-7-10(8-20)6-13(15)17/h1-4,10,12,16,20H,5-8H2,(H,18,19)/t10?,12-/m0/s1. The maximum atomic E-state index is 11.9. The highest BCUT2D eigenvalue weighted by Gasteiger charge is 2.37. The minimum atomic E-state index is -1.01. The predicted octanol–water partition coefficient (Wildman–Crippen LogP) is 1.17. The Labute approximate surface area is 122 Å². The number of aliphatic carboxylic acids is 1. The number of nitrogens with zero attached hydrogens (tertiary/aromatic N) is 1. The van der Waals surface area contributed by atoms with Crippen LogP contribution in [0.15, 0.2) is 24.3 Å². The molecule has 0 saturated carbocycles. The van der Waals surface area contributed by atoms with Gasteiger partial charge in [0.25, 0.3) is 0 Å². The van der Waals surface area contributed by atoms with Gasteiger partial charge in [0, 0.05) is 19.4 Å². The van der Waals surface area contributed by atoms with Gasteiger partial charge in [-0.1, -0.05) is 12.1 Å². The van der Waals surface area contributed by atoms with Gasteiger partial charge in [0.05, 0.1) is 0 Å². The largest absolute Gasteiger partial charge is 0.508 e. The first-order valence-electron chi connectivity index (χ1n) is 6.42.